The molecule has 204 valence electrons. The Hall–Kier alpha value is -3.14. The van der Waals surface area contributed by atoms with Crippen molar-refractivity contribution in [3.05, 3.63) is 69.2 Å². The first-order chi connectivity index (χ1) is 18.9. The number of alkyl halides is 1. The smallest absolute Gasteiger partial charge is 0.335 e. The third-order valence-corrected chi connectivity index (χ3v) is 8.27. The molecular formula is C28H27Cl2FN4O4. The van der Waals surface area contributed by atoms with Gasteiger partial charge in [0.05, 0.1) is 49.0 Å². The van der Waals surface area contributed by atoms with Crippen molar-refractivity contribution in [2.75, 3.05) is 37.8 Å². The molecule has 3 aliphatic rings. The maximum Gasteiger partial charge on any atom is 0.335 e. The molecule has 1 saturated heterocycles. The first kappa shape index (κ1) is 26.1. The molecule has 6 rings (SSSR count). The van der Waals surface area contributed by atoms with Crippen LogP contribution in [-0.4, -0.2) is 65.4 Å². The van der Waals surface area contributed by atoms with Crippen LogP contribution in [0.5, 0.6) is 0 Å². The molecule has 3 aromatic rings. The summed E-state index contributed by atoms with van der Waals surface area (Å²) in [5, 5.41) is 0.640. The van der Waals surface area contributed by atoms with Gasteiger partial charge in [-0.05, 0) is 30.7 Å². The van der Waals surface area contributed by atoms with E-state index in [1.807, 2.05) is 24.3 Å². The fourth-order valence-corrected chi connectivity index (χ4v) is 6.27. The predicted octanol–water partition coefficient (Wildman–Crippen LogP) is 4.85. The molecule has 1 fully saturated rings. The number of morpholine rings is 1. The number of carbonyl (C=O) groups excluding carboxylic acids is 2. The van der Waals surface area contributed by atoms with Crippen LogP contribution in [0.2, 0.25) is 10.0 Å². The molecule has 4 heterocycles. The summed E-state index contributed by atoms with van der Waals surface area (Å²) in [5.74, 6) is -1.08. The van der Waals surface area contributed by atoms with Crippen LogP contribution >= 0.6 is 23.2 Å². The second-order valence-corrected chi connectivity index (χ2v) is 10.6. The number of halogens is 3. The SMILES string of the molecule is CCOC(=O)C(c1ncn2c1C[C@@H](F)C2)N1Cc2c(Cl)cc(-c3ccc(N4CCOCC4)cc3)c(Cl)c2C1=O. The maximum absolute atomic E-state index is 14.2. The number of nitrogens with zero attached hydrogens (tertiary/aromatic N) is 4. The number of aromatic nitrogens is 2. The Morgan fingerprint density at radius 2 is 1.97 bits per heavy atom. The van der Waals surface area contributed by atoms with Gasteiger partial charge in [0.25, 0.3) is 5.91 Å². The average molecular weight is 573 g/mol. The summed E-state index contributed by atoms with van der Waals surface area (Å²) in [5.41, 5.74) is 4.21. The van der Waals surface area contributed by atoms with Gasteiger partial charge in [-0.15, -0.1) is 0 Å². The number of hydrogen-bond acceptors (Lipinski definition) is 6. The van der Waals surface area contributed by atoms with Crippen molar-refractivity contribution in [2.24, 2.45) is 0 Å². The van der Waals surface area contributed by atoms with E-state index in [0.717, 1.165) is 24.3 Å². The Kier molecular flexibility index (Phi) is 6.99. The minimum atomic E-state index is -1.14. The molecule has 0 saturated carbocycles. The molecule has 0 N–H and O–H groups in total. The van der Waals surface area contributed by atoms with Crippen LogP contribution in [0, 0.1) is 0 Å². The highest BCUT2D eigenvalue weighted by molar-refractivity contribution is 6.39. The summed E-state index contributed by atoms with van der Waals surface area (Å²) >= 11 is 13.6. The highest BCUT2D eigenvalue weighted by atomic mass is 35.5. The molecule has 0 aliphatic carbocycles. The number of esters is 1. The summed E-state index contributed by atoms with van der Waals surface area (Å²) in [6, 6.07) is 8.55. The first-order valence-electron chi connectivity index (χ1n) is 13.0. The average Bonchev–Trinajstić information content (AvgIpc) is 3.60. The molecule has 2 atom stereocenters. The van der Waals surface area contributed by atoms with Gasteiger partial charge in [0.1, 0.15) is 6.17 Å². The molecule has 1 unspecified atom stereocenters. The van der Waals surface area contributed by atoms with Gasteiger partial charge in [0.2, 0.25) is 0 Å². The normalized spacial score (nSPS) is 19.3. The number of hydrogen-bond donors (Lipinski definition) is 0. The lowest BCUT2D eigenvalue weighted by Crippen LogP contribution is -2.36. The maximum atomic E-state index is 14.2. The summed E-state index contributed by atoms with van der Waals surface area (Å²) in [6.45, 7) is 5.05. The molecule has 0 bridgehead atoms. The van der Waals surface area contributed by atoms with E-state index in [2.05, 4.69) is 9.88 Å². The number of amides is 1. The summed E-state index contributed by atoms with van der Waals surface area (Å²) < 4.78 is 26.6. The summed E-state index contributed by atoms with van der Waals surface area (Å²) in [4.78, 5) is 35.1. The van der Waals surface area contributed by atoms with E-state index < -0.39 is 24.1 Å². The molecule has 0 radical (unpaired) electrons. The van der Waals surface area contributed by atoms with Gasteiger partial charge >= 0.3 is 5.97 Å². The van der Waals surface area contributed by atoms with Gasteiger partial charge in [-0.1, -0.05) is 35.3 Å². The molecule has 1 amide bonds. The van der Waals surface area contributed by atoms with E-state index in [1.165, 1.54) is 11.2 Å². The van der Waals surface area contributed by atoms with Crippen molar-refractivity contribution in [3.63, 3.8) is 0 Å². The number of imidazole rings is 1. The van der Waals surface area contributed by atoms with Crippen LogP contribution in [0.25, 0.3) is 11.1 Å². The van der Waals surface area contributed by atoms with E-state index in [1.54, 1.807) is 17.6 Å². The minimum absolute atomic E-state index is 0.0534. The Labute approximate surface area is 235 Å². The quantitative estimate of drug-likeness (QED) is 0.393. The van der Waals surface area contributed by atoms with Gasteiger partial charge in [0.15, 0.2) is 6.04 Å². The zero-order valence-corrected chi connectivity index (χ0v) is 22.8. The van der Waals surface area contributed by atoms with Gasteiger partial charge in [-0.2, -0.15) is 0 Å². The number of anilines is 1. The van der Waals surface area contributed by atoms with Crippen LogP contribution < -0.4 is 4.90 Å². The summed E-state index contributed by atoms with van der Waals surface area (Å²) in [6.07, 6.45) is 0.548. The van der Waals surface area contributed by atoms with Crippen molar-refractivity contribution in [3.8, 4) is 11.1 Å². The lowest BCUT2D eigenvalue weighted by Gasteiger charge is -2.29. The van der Waals surface area contributed by atoms with E-state index in [9.17, 15) is 14.0 Å². The topological polar surface area (TPSA) is 76.9 Å². The number of ether oxygens (including phenoxy) is 2. The van der Waals surface area contributed by atoms with Crippen LogP contribution in [0.3, 0.4) is 0 Å². The van der Waals surface area contributed by atoms with Crippen LogP contribution in [-0.2, 0) is 33.8 Å². The van der Waals surface area contributed by atoms with E-state index in [4.69, 9.17) is 32.7 Å². The van der Waals surface area contributed by atoms with Crippen LogP contribution in [0.4, 0.5) is 10.1 Å². The molecule has 2 aromatic carbocycles. The monoisotopic (exact) mass is 572 g/mol. The molecule has 3 aliphatic heterocycles. The minimum Gasteiger partial charge on any atom is -0.464 e. The van der Waals surface area contributed by atoms with Crippen LogP contribution in [0.1, 0.15) is 40.3 Å². The molecule has 8 nitrogen and oxygen atoms in total. The zero-order chi connectivity index (χ0) is 27.3. The van der Waals surface area contributed by atoms with Gasteiger partial charge in [-0.25, -0.2) is 14.2 Å². The molecule has 1 aromatic heterocycles. The predicted molar refractivity (Wildman–Crippen MR) is 145 cm³/mol. The Morgan fingerprint density at radius 1 is 1.23 bits per heavy atom. The third-order valence-electron chi connectivity index (χ3n) is 7.54. The second-order valence-electron chi connectivity index (χ2n) is 9.84. The third kappa shape index (κ3) is 4.56. The van der Waals surface area contributed by atoms with Gasteiger partial charge in [0, 0.05) is 53.6 Å². The zero-order valence-electron chi connectivity index (χ0n) is 21.3. The lowest BCUT2D eigenvalue weighted by atomic mass is 9.99. The molecule has 0 spiro atoms. The number of fused-ring (bicyclic) bond motifs is 2. The standard InChI is InChI=1S/C28H27Cl2FN4O4/c1-2-39-28(37)26(25-22-11-17(31)13-34(22)15-32-25)35-14-20-21(29)12-19(24(30)23(20)27(35)36)16-3-5-18(6-4-16)33-7-9-38-10-8-33/h3-6,12,15,17,26H,2,7-11,13-14H2,1H3/t17-,26?/m1/s1. The largest absolute Gasteiger partial charge is 0.464 e. The lowest BCUT2D eigenvalue weighted by molar-refractivity contribution is -0.149. The van der Waals surface area contributed by atoms with Crippen molar-refractivity contribution >= 4 is 40.8 Å². The van der Waals surface area contributed by atoms with Crippen molar-refractivity contribution < 1.29 is 23.5 Å². The van der Waals surface area contributed by atoms with E-state index in [0.29, 0.717) is 40.8 Å². The highest BCUT2D eigenvalue weighted by Gasteiger charge is 2.44. The fraction of sp³-hybridized carbons (Fsp3) is 0.393. The van der Waals surface area contributed by atoms with E-state index in [-0.39, 0.29) is 36.7 Å². The van der Waals surface area contributed by atoms with Gasteiger partial charge < -0.3 is 23.8 Å². The van der Waals surface area contributed by atoms with E-state index >= 15 is 0 Å². The Bertz CT molecular complexity index is 1440. The van der Waals surface area contributed by atoms with Crippen molar-refractivity contribution in [2.45, 2.75) is 38.6 Å². The van der Waals surface area contributed by atoms with Crippen molar-refractivity contribution in [1.82, 2.24) is 14.5 Å². The fourth-order valence-electron chi connectivity index (χ4n) is 5.65. The highest BCUT2D eigenvalue weighted by Crippen LogP contribution is 2.44. The number of rotatable bonds is 6. The first-order valence-corrected chi connectivity index (χ1v) is 13.7. The molecule has 39 heavy (non-hydrogen) atoms. The van der Waals surface area contributed by atoms with Crippen LogP contribution in [0.15, 0.2) is 36.7 Å². The summed E-state index contributed by atoms with van der Waals surface area (Å²) in [7, 11) is 0. The Balaban J connectivity index is 1.35. The van der Waals surface area contributed by atoms with Gasteiger partial charge in [-0.3, -0.25) is 4.79 Å². The Morgan fingerprint density at radius 3 is 2.69 bits per heavy atom. The number of benzene rings is 2. The second kappa shape index (κ2) is 10.4. The number of carbonyl (C=O) groups is 2. The van der Waals surface area contributed by atoms with Crippen molar-refractivity contribution in [1.29, 1.82) is 0 Å². The molecular weight excluding hydrogens is 546 g/mol. The molecule has 11 heteroatoms.